The zero-order valence-corrected chi connectivity index (χ0v) is 16.0. The lowest BCUT2D eigenvalue weighted by Crippen LogP contribution is -2.46. The van der Waals surface area contributed by atoms with Crippen molar-refractivity contribution in [2.75, 3.05) is 46.5 Å². The number of hydrogen-bond donors (Lipinski definition) is 4. The molecule has 1 fully saturated rings. The molecule has 8 nitrogen and oxygen atoms in total. The van der Waals surface area contributed by atoms with E-state index in [1.807, 2.05) is 0 Å². The van der Waals surface area contributed by atoms with Gasteiger partial charge in [-0.2, -0.15) is 0 Å². The van der Waals surface area contributed by atoms with Gasteiger partial charge in [-0.1, -0.05) is 6.07 Å². The number of thiophene rings is 1. The smallest absolute Gasteiger partial charge is 0.250 e. The number of ether oxygens (including phenoxy) is 1. The summed E-state index contributed by atoms with van der Waals surface area (Å²) in [5.74, 6) is 0.597. The van der Waals surface area contributed by atoms with Gasteiger partial charge in [-0.25, -0.2) is 13.1 Å². The molecule has 1 aliphatic heterocycles. The fourth-order valence-corrected chi connectivity index (χ4v) is 4.73. The molecule has 142 valence electrons. The van der Waals surface area contributed by atoms with Crippen LogP contribution in [0.5, 0.6) is 0 Å². The average molecular weight is 391 g/mol. The second kappa shape index (κ2) is 9.48. The number of guanidine groups is 1. The minimum Gasteiger partial charge on any atom is -0.396 e. The molecule has 1 saturated heterocycles. The van der Waals surface area contributed by atoms with Crippen LogP contribution < -0.4 is 15.4 Å². The molecule has 1 atom stereocenters. The first-order chi connectivity index (χ1) is 12.0. The molecule has 10 heteroatoms. The molecule has 0 amide bonds. The zero-order valence-electron chi connectivity index (χ0n) is 14.3. The van der Waals surface area contributed by atoms with E-state index in [0.717, 1.165) is 6.42 Å². The standard InChI is InChI=1S/C15H26N4O4S2/c1-16-14(18-11-15(4-8-20)5-9-23-12-15)17-6-7-19-25(21,22)13-3-2-10-24-13/h2-3,10,19-20H,4-9,11-12H2,1H3,(H2,16,17,18). The number of aliphatic hydroxyl groups excluding tert-OH is 1. The monoisotopic (exact) mass is 390 g/mol. The summed E-state index contributed by atoms with van der Waals surface area (Å²) in [4.78, 5) is 4.14. The lowest BCUT2D eigenvalue weighted by Gasteiger charge is -2.27. The molecule has 1 aromatic heterocycles. The molecule has 0 aliphatic carbocycles. The van der Waals surface area contributed by atoms with Gasteiger partial charge < -0.3 is 20.5 Å². The fourth-order valence-electron chi connectivity index (χ4n) is 2.66. The third-order valence-electron chi connectivity index (χ3n) is 4.15. The van der Waals surface area contributed by atoms with E-state index in [4.69, 9.17) is 4.74 Å². The SMILES string of the molecule is CN=C(NCCNS(=O)(=O)c1cccs1)NCC1(CCO)CCOC1. The highest BCUT2D eigenvalue weighted by molar-refractivity contribution is 7.91. The Labute approximate surface area is 152 Å². The molecular weight excluding hydrogens is 364 g/mol. The van der Waals surface area contributed by atoms with Crippen molar-refractivity contribution >= 4 is 27.3 Å². The Balaban J connectivity index is 1.73. The first kappa shape index (κ1) is 20.1. The molecule has 1 aliphatic rings. The van der Waals surface area contributed by atoms with Gasteiger partial charge in [-0.3, -0.25) is 4.99 Å². The number of sulfonamides is 1. The van der Waals surface area contributed by atoms with Crippen molar-refractivity contribution in [2.45, 2.75) is 17.1 Å². The van der Waals surface area contributed by atoms with Crippen molar-refractivity contribution < 1.29 is 18.3 Å². The molecule has 0 spiro atoms. The van der Waals surface area contributed by atoms with Crippen molar-refractivity contribution in [1.29, 1.82) is 0 Å². The van der Waals surface area contributed by atoms with Crippen LogP contribution in [0.1, 0.15) is 12.8 Å². The van der Waals surface area contributed by atoms with Crippen LogP contribution in [0.4, 0.5) is 0 Å². The molecule has 1 unspecified atom stereocenters. The van der Waals surface area contributed by atoms with E-state index in [2.05, 4.69) is 20.3 Å². The van der Waals surface area contributed by atoms with Crippen molar-refractivity contribution in [1.82, 2.24) is 15.4 Å². The second-order valence-electron chi connectivity index (χ2n) is 5.96. The Kier molecular flexibility index (Phi) is 7.63. The molecule has 0 aromatic carbocycles. The van der Waals surface area contributed by atoms with Crippen LogP contribution in [0.2, 0.25) is 0 Å². The van der Waals surface area contributed by atoms with Gasteiger partial charge in [0.2, 0.25) is 10.0 Å². The minimum atomic E-state index is -3.44. The van der Waals surface area contributed by atoms with Gasteiger partial charge in [-0.05, 0) is 24.3 Å². The van der Waals surface area contributed by atoms with Gasteiger partial charge in [0.15, 0.2) is 5.96 Å². The minimum absolute atomic E-state index is 0.0763. The quantitative estimate of drug-likeness (QED) is 0.268. The van der Waals surface area contributed by atoms with Crippen molar-refractivity contribution in [3.8, 4) is 0 Å². The number of rotatable bonds is 9. The molecule has 0 saturated carbocycles. The van der Waals surface area contributed by atoms with E-state index in [1.54, 1.807) is 24.6 Å². The van der Waals surface area contributed by atoms with E-state index in [-0.39, 0.29) is 18.6 Å². The summed E-state index contributed by atoms with van der Waals surface area (Å²) < 4.78 is 32.3. The number of nitrogens with zero attached hydrogens (tertiary/aromatic N) is 1. The summed E-state index contributed by atoms with van der Waals surface area (Å²) in [6, 6.07) is 3.28. The normalized spacial score (nSPS) is 21.4. The second-order valence-corrected chi connectivity index (χ2v) is 8.90. The summed E-state index contributed by atoms with van der Waals surface area (Å²) in [5, 5.41) is 17.3. The van der Waals surface area contributed by atoms with Crippen molar-refractivity contribution in [2.24, 2.45) is 10.4 Å². The first-order valence-corrected chi connectivity index (χ1v) is 10.5. The summed E-state index contributed by atoms with van der Waals surface area (Å²) >= 11 is 1.19. The van der Waals surface area contributed by atoms with Gasteiger partial charge in [0.05, 0.1) is 6.61 Å². The Hall–Kier alpha value is -1.20. The van der Waals surface area contributed by atoms with Crippen LogP contribution >= 0.6 is 11.3 Å². The average Bonchev–Trinajstić information content (AvgIpc) is 3.27. The van der Waals surface area contributed by atoms with Crippen LogP contribution in [0.15, 0.2) is 26.7 Å². The van der Waals surface area contributed by atoms with Crippen LogP contribution in [0, 0.1) is 5.41 Å². The van der Waals surface area contributed by atoms with Gasteiger partial charge in [0.1, 0.15) is 4.21 Å². The highest BCUT2D eigenvalue weighted by atomic mass is 32.2. The fraction of sp³-hybridized carbons (Fsp3) is 0.667. The Morgan fingerprint density at radius 1 is 1.44 bits per heavy atom. The van der Waals surface area contributed by atoms with Crippen molar-refractivity contribution in [3.63, 3.8) is 0 Å². The Morgan fingerprint density at radius 2 is 2.28 bits per heavy atom. The van der Waals surface area contributed by atoms with Crippen molar-refractivity contribution in [3.05, 3.63) is 17.5 Å². The molecule has 2 rings (SSSR count). The lowest BCUT2D eigenvalue weighted by atomic mass is 9.84. The van der Waals surface area contributed by atoms with E-state index < -0.39 is 10.0 Å². The van der Waals surface area contributed by atoms with Crippen LogP contribution in [0.3, 0.4) is 0 Å². The Bertz CT molecular complexity index is 640. The van der Waals surface area contributed by atoms with Gasteiger partial charge in [-0.15, -0.1) is 11.3 Å². The maximum absolute atomic E-state index is 12.0. The summed E-state index contributed by atoms with van der Waals surface area (Å²) in [7, 11) is -1.78. The molecular formula is C15H26N4O4S2. The molecule has 2 heterocycles. The number of aliphatic imine (C=N–C) groups is 1. The predicted octanol–water partition coefficient (Wildman–Crippen LogP) is -0.0195. The first-order valence-electron chi connectivity index (χ1n) is 8.18. The van der Waals surface area contributed by atoms with Gasteiger partial charge in [0.25, 0.3) is 0 Å². The highest BCUT2D eigenvalue weighted by Crippen LogP contribution is 2.31. The van der Waals surface area contributed by atoms with Crippen LogP contribution in [0.25, 0.3) is 0 Å². The highest BCUT2D eigenvalue weighted by Gasteiger charge is 2.34. The molecule has 0 bridgehead atoms. The predicted molar refractivity (Wildman–Crippen MR) is 98.4 cm³/mol. The summed E-state index contributed by atoms with van der Waals surface area (Å²) in [6.07, 6.45) is 1.58. The van der Waals surface area contributed by atoms with Gasteiger partial charge in [0, 0.05) is 45.3 Å². The summed E-state index contributed by atoms with van der Waals surface area (Å²) in [6.45, 7) is 2.77. The van der Waals surface area contributed by atoms with Gasteiger partial charge >= 0.3 is 0 Å². The topological polar surface area (TPSA) is 112 Å². The van der Waals surface area contributed by atoms with E-state index in [1.165, 1.54) is 11.3 Å². The van der Waals surface area contributed by atoms with E-state index in [0.29, 0.717) is 42.9 Å². The third-order valence-corrected chi connectivity index (χ3v) is 7.01. The maximum atomic E-state index is 12.0. The van der Waals surface area contributed by atoms with Crippen LogP contribution in [-0.2, 0) is 14.8 Å². The van der Waals surface area contributed by atoms with E-state index >= 15 is 0 Å². The molecule has 4 N–H and O–H groups in total. The zero-order chi connectivity index (χ0) is 18.2. The Morgan fingerprint density at radius 3 is 2.88 bits per heavy atom. The number of nitrogens with one attached hydrogen (secondary N) is 3. The van der Waals surface area contributed by atoms with Crippen LogP contribution in [-0.4, -0.2) is 66.0 Å². The number of aliphatic hydroxyl groups is 1. The summed E-state index contributed by atoms with van der Waals surface area (Å²) in [5.41, 5.74) is -0.0763. The third kappa shape index (κ3) is 5.93. The lowest BCUT2D eigenvalue weighted by molar-refractivity contribution is 0.127. The molecule has 0 radical (unpaired) electrons. The number of hydrogen-bond acceptors (Lipinski definition) is 6. The molecule has 1 aromatic rings. The maximum Gasteiger partial charge on any atom is 0.250 e. The molecule has 25 heavy (non-hydrogen) atoms. The van der Waals surface area contributed by atoms with E-state index in [9.17, 15) is 13.5 Å². The largest absolute Gasteiger partial charge is 0.396 e.